The molecule has 0 aromatic heterocycles. The number of benzene rings is 1. The molecule has 0 bridgehead atoms. The molecule has 7 heteroatoms. The minimum absolute atomic E-state index is 0.0965. The second kappa shape index (κ2) is 8.86. The molecule has 1 aromatic carbocycles. The van der Waals surface area contributed by atoms with E-state index in [1.165, 1.54) is 7.11 Å². The quantitative estimate of drug-likeness (QED) is 0.299. The Balaban J connectivity index is 1.94. The molecule has 5 N–H and O–H groups in total. The third-order valence-electron chi connectivity index (χ3n) is 4.00. The number of carbonyl (C=O) groups is 2. The Bertz CT molecular complexity index is 694. The fraction of sp³-hybridized carbons (Fsp3) is 0.389. The summed E-state index contributed by atoms with van der Waals surface area (Å²) in [6, 6.07) is 5.92. The van der Waals surface area contributed by atoms with Crippen LogP contribution in [0.1, 0.15) is 30.4 Å². The average Bonchev–Trinajstić information content (AvgIpc) is 2.58. The SMILES string of the molecule is COC(=O)CC1Cc2ccc(/C=C/CCCN=C(N)N)cc2NC1=O. The fourth-order valence-electron chi connectivity index (χ4n) is 2.67. The molecule has 0 fully saturated rings. The standard InChI is InChI=1S/C18H24N4O3/c1-25-16(23)11-14-10-13-7-6-12(9-15(13)22-17(14)24)5-3-2-4-8-21-18(19)20/h3,5-7,9,14H,2,4,8,10-11H2,1H3,(H,22,24)(H4,19,20,21)/b5-3+. The van der Waals surface area contributed by atoms with Gasteiger partial charge in [-0.25, -0.2) is 0 Å². The van der Waals surface area contributed by atoms with E-state index < -0.39 is 0 Å². The number of nitrogens with zero attached hydrogens (tertiary/aromatic N) is 1. The molecule has 7 nitrogen and oxygen atoms in total. The number of hydrogen-bond acceptors (Lipinski definition) is 4. The zero-order valence-electron chi connectivity index (χ0n) is 14.3. The Labute approximate surface area is 147 Å². The van der Waals surface area contributed by atoms with Gasteiger partial charge in [-0.3, -0.25) is 14.6 Å². The van der Waals surface area contributed by atoms with Gasteiger partial charge in [0.05, 0.1) is 19.4 Å². The molecule has 1 aromatic rings. The lowest BCUT2D eigenvalue weighted by Crippen LogP contribution is -2.31. The lowest BCUT2D eigenvalue weighted by Gasteiger charge is -2.24. The van der Waals surface area contributed by atoms with E-state index >= 15 is 0 Å². The van der Waals surface area contributed by atoms with E-state index in [1.807, 2.05) is 24.3 Å². The summed E-state index contributed by atoms with van der Waals surface area (Å²) in [6.45, 7) is 0.606. The highest BCUT2D eigenvalue weighted by molar-refractivity contribution is 5.97. The number of methoxy groups -OCH3 is 1. The van der Waals surface area contributed by atoms with Gasteiger partial charge in [-0.05, 0) is 36.5 Å². The van der Waals surface area contributed by atoms with Gasteiger partial charge >= 0.3 is 5.97 Å². The van der Waals surface area contributed by atoms with Crippen LogP contribution >= 0.6 is 0 Å². The molecule has 0 radical (unpaired) electrons. The topological polar surface area (TPSA) is 120 Å². The van der Waals surface area contributed by atoms with Crippen molar-refractivity contribution in [3.63, 3.8) is 0 Å². The number of nitrogens with two attached hydrogens (primary N) is 2. The second-order valence-electron chi connectivity index (χ2n) is 5.94. The predicted molar refractivity (Wildman–Crippen MR) is 97.8 cm³/mol. The van der Waals surface area contributed by atoms with Crippen molar-refractivity contribution in [3.05, 3.63) is 35.4 Å². The molecular weight excluding hydrogens is 320 g/mol. The summed E-state index contributed by atoms with van der Waals surface area (Å²) in [4.78, 5) is 27.5. The van der Waals surface area contributed by atoms with Gasteiger partial charge in [0.25, 0.3) is 0 Å². The molecule has 1 aliphatic heterocycles. The Kier molecular flexibility index (Phi) is 6.56. The van der Waals surface area contributed by atoms with E-state index in [4.69, 9.17) is 11.5 Å². The number of aliphatic imine (C=N–C) groups is 1. The summed E-state index contributed by atoms with van der Waals surface area (Å²) >= 11 is 0. The van der Waals surface area contributed by atoms with Crippen molar-refractivity contribution in [2.75, 3.05) is 19.0 Å². The first-order chi connectivity index (χ1) is 12.0. The number of esters is 1. The van der Waals surface area contributed by atoms with Crippen molar-refractivity contribution in [2.45, 2.75) is 25.7 Å². The monoisotopic (exact) mass is 344 g/mol. The van der Waals surface area contributed by atoms with E-state index in [2.05, 4.69) is 21.1 Å². The Hall–Kier alpha value is -2.83. The Morgan fingerprint density at radius 1 is 1.44 bits per heavy atom. The van der Waals surface area contributed by atoms with Crippen LogP contribution in [0.5, 0.6) is 0 Å². The lowest BCUT2D eigenvalue weighted by molar-refractivity contribution is -0.143. The molecule has 1 heterocycles. The van der Waals surface area contributed by atoms with Crippen LogP contribution in [0.4, 0.5) is 5.69 Å². The molecule has 2 rings (SSSR count). The third-order valence-corrected chi connectivity index (χ3v) is 4.00. The molecule has 1 amide bonds. The highest BCUT2D eigenvalue weighted by atomic mass is 16.5. The number of ether oxygens (including phenoxy) is 1. The first-order valence-corrected chi connectivity index (χ1v) is 8.22. The maximum Gasteiger partial charge on any atom is 0.306 e. The van der Waals surface area contributed by atoms with E-state index in [0.29, 0.717) is 13.0 Å². The summed E-state index contributed by atoms with van der Waals surface area (Å²) in [5.41, 5.74) is 13.4. The molecule has 0 spiro atoms. The number of allylic oxidation sites excluding steroid dienone is 1. The maximum atomic E-state index is 12.1. The van der Waals surface area contributed by atoms with Crippen LogP contribution in [0.25, 0.3) is 6.08 Å². The van der Waals surface area contributed by atoms with Gasteiger partial charge in [-0.15, -0.1) is 0 Å². The first-order valence-electron chi connectivity index (χ1n) is 8.22. The molecule has 25 heavy (non-hydrogen) atoms. The van der Waals surface area contributed by atoms with Crippen molar-refractivity contribution in [1.82, 2.24) is 0 Å². The summed E-state index contributed by atoms with van der Waals surface area (Å²) in [5, 5.41) is 2.88. The number of hydrogen-bond donors (Lipinski definition) is 3. The fourth-order valence-corrected chi connectivity index (χ4v) is 2.67. The zero-order chi connectivity index (χ0) is 18.2. The number of anilines is 1. The van der Waals surface area contributed by atoms with Crippen LogP contribution in [0.2, 0.25) is 0 Å². The molecule has 134 valence electrons. The van der Waals surface area contributed by atoms with Crippen molar-refractivity contribution in [3.8, 4) is 0 Å². The molecule has 1 atom stereocenters. The maximum absolute atomic E-state index is 12.1. The van der Waals surface area contributed by atoms with Crippen molar-refractivity contribution in [1.29, 1.82) is 0 Å². The molecule has 1 unspecified atom stereocenters. The molecule has 1 aliphatic rings. The first kappa shape index (κ1) is 18.5. The van der Waals surface area contributed by atoms with Gasteiger partial charge in [0.2, 0.25) is 5.91 Å². The highest BCUT2D eigenvalue weighted by Crippen LogP contribution is 2.28. The smallest absolute Gasteiger partial charge is 0.306 e. The number of unbranched alkanes of at least 4 members (excludes halogenated alkanes) is 1. The second-order valence-corrected chi connectivity index (χ2v) is 5.94. The number of guanidine groups is 1. The van der Waals surface area contributed by atoms with Gasteiger partial charge in [0, 0.05) is 12.2 Å². The van der Waals surface area contributed by atoms with Crippen molar-refractivity contribution in [2.24, 2.45) is 22.4 Å². The normalized spacial score (nSPS) is 16.2. The Morgan fingerprint density at radius 2 is 2.24 bits per heavy atom. The van der Waals surface area contributed by atoms with E-state index in [-0.39, 0.29) is 30.2 Å². The molecule has 0 saturated heterocycles. The minimum Gasteiger partial charge on any atom is -0.469 e. The van der Waals surface area contributed by atoms with Crippen LogP contribution in [-0.4, -0.2) is 31.5 Å². The largest absolute Gasteiger partial charge is 0.469 e. The number of nitrogens with one attached hydrogen (secondary N) is 1. The van der Waals surface area contributed by atoms with E-state index in [0.717, 1.165) is 29.7 Å². The molecular formula is C18H24N4O3. The van der Waals surface area contributed by atoms with E-state index in [9.17, 15) is 9.59 Å². The van der Waals surface area contributed by atoms with Crippen LogP contribution in [-0.2, 0) is 20.7 Å². The zero-order valence-corrected chi connectivity index (χ0v) is 14.3. The van der Waals surface area contributed by atoms with Gasteiger partial charge in [-0.1, -0.05) is 24.3 Å². The minimum atomic E-state index is -0.378. The highest BCUT2D eigenvalue weighted by Gasteiger charge is 2.28. The predicted octanol–water partition coefficient (Wildman–Crippen LogP) is 1.43. The number of fused-ring (bicyclic) bond motifs is 1. The average molecular weight is 344 g/mol. The van der Waals surface area contributed by atoms with Gasteiger partial charge in [0.1, 0.15) is 0 Å². The molecule has 0 saturated carbocycles. The summed E-state index contributed by atoms with van der Waals surface area (Å²) in [5.74, 6) is -0.781. The summed E-state index contributed by atoms with van der Waals surface area (Å²) in [6.07, 6.45) is 6.42. The summed E-state index contributed by atoms with van der Waals surface area (Å²) < 4.78 is 4.64. The van der Waals surface area contributed by atoms with Crippen molar-refractivity contribution < 1.29 is 14.3 Å². The van der Waals surface area contributed by atoms with Crippen LogP contribution in [0, 0.1) is 5.92 Å². The number of amides is 1. The molecule has 0 aliphatic carbocycles. The third kappa shape index (κ3) is 5.63. The summed E-state index contributed by atoms with van der Waals surface area (Å²) in [7, 11) is 1.33. The van der Waals surface area contributed by atoms with Gasteiger partial charge in [0.15, 0.2) is 5.96 Å². The van der Waals surface area contributed by atoms with Gasteiger partial charge < -0.3 is 21.5 Å². The van der Waals surface area contributed by atoms with Crippen LogP contribution in [0.3, 0.4) is 0 Å². The number of carbonyl (C=O) groups excluding carboxylic acids is 2. The van der Waals surface area contributed by atoms with E-state index in [1.54, 1.807) is 0 Å². The number of rotatable bonds is 7. The van der Waals surface area contributed by atoms with Crippen molar-refractivity contribution >= 4 is 29.6 Å². The van der Waals surface area contributed by atoms with Gasteiger partial charge in [-0.2, -0.15) is 0 Å². The van der Waals surface area contributed by atoms with Crippen LogP contribution in [0.15, 0.2) is 29.3 Å². The van der Waals surface area contributed by atoms with Crippen LogP contribution < -0.4 is 16.8 Å². The lowest BCUT2D eigenvalue weighted by atomic mass is 9.90. The Morgan fingerprint density at radius 3 is 2.96 bits per heavy atom.